The first-order valence-corrected chi connectivity index (χ1v) is 18.2. The maximum absolute atomic E-state index is 4.22. The number of nitrogens with zero attached hydrogens (tertiary/aromatic N) is 2. The van der Waals surface area contributed by atoms with Crippen molar-refractivity contribution >= 4 is 58.4 Å². The third kappa shape index (κ3) is 8.31. The molecule has 6 aromatic carbocycles. The lowest BCUT2D eigenvalue weighted by Gasteiger charge is -2.09. The summed E-state index contributed by atoms with van der Waals surface area (Å²) in [4.78, 5) is 8.44. The van der Waals surface area contributed by atoms with Crippen molar-refractivity contribution in [3.8, 4) is 0 Å². The number of hydrogen-bond donors (Lipinski definition) is 0. The van der Waals surface area contributed by atoms with E-state index < -0.39 is 0 Å². The maximum Gasteiger partial charge on any atom is 0.0273 e. The minimum Gasteiger partial charge on any atom is -0.265 e. The molecule has 8 rings (SSSR count). The molecule has 0 bridgehead atoms. The number of rotatable bonds is 10. The molecule has 2 heterocycles. The maximum atomic E-state index is 4.22. The fourth-order valence-electron chi connectivity index (χ4n) is 6.64. The molecule has 2 nitrogen and oxygen atoms in total. The van der Waals surface area contributed by atoms with Gasteiger partial charge in [0.1, 0.15) is 0 Å². The van der Waals surface area contributed by atoms with Gasteiger partial charge in [0.15, 0.2) is 0 Å². The average molecular weight is 691 g/mol. The molecule has 256 valence electrons. The normalized spacial score (nSPS) is 12.1. The lowest BCUT2D eigenvalue weighted by atomic mass is 9.96. The molecular formula is C52H38N2. The van der Waals surface area contributed by atoms with Gasteiger partial charge in [-0.05, 0) is 126 Å². The van der Waals surface area contributed by atoms with E-state index in [0.29, 0.717) is 0 Å². The second kappa shape index (κ2) is 16.5. The molecular weight excluding hydrogens is 653 g/mol. The minimum absolute atomic E-state index is 1.14. The Morgan fingerprint density at radius 1 is 0.315 bits per heavy atom. The van der Waals surface area contributed by atoms with E-state index >= 15 is 0 Å². The number of aromatic nitrogens is 2. The van der Waals surface area contributed by atoms with Crippen molar-refractivity contribution in [1.82, 2.24) is 9.97 Å². The zero-order valence-electron chi connectivity index (χ0n) is 29.8. The highest BCUT2D eigenvalue weighted by Crippen LogP contribution is 2.29. The van der Waals surface area contributed by atoms with E-state index in [0.717, 1.165) is 33.4 Å². The molecule has 0 atom stereocenters. The minimum atomic E-state index is 1.14. The molecule has 0 saturated heterocycles. The molecule has 0 aliphatic heterocycles. The Bertz CT molecular complexity index is 2320. The lowest BCUT2D eigenvalue weighted by Crippen LogP contribution is -1.89. The second-order valence-corrected chi connectivity index (χ2v) is 13.1. The van der Waals surface area contributed by atoms with Gasteiger partial charge < -0.3 is 0 Å². The first kappa shape index (κ1) is 34.0. The van der Waals surface area contributed by atoms with Crippen LogP contribution in [0.5, 0.6) is 0 Å². The Morgan fingerprint density at radius 3 is 1.04 bits per heavy atom. The third-order valence-corrected chi connectivity index (χ3v) is 9.51. The number of benzene rings is 6. The van der Waals surface area contributed by atoms with E-state index in [1.54, 1.807) is 0 Å². The standard InChI is InChI=1S/C52H38N2/c1-3-9-43(10-4-1)51(45-27-31-53-32-28-45)35-41-19-15-39(16-20-41)23-25-49-37-47-13-7-8-14-48(47)38-50(49)26-24-40-17-21-42(22-18-40)36-52(44-11-5-2-6-12-44)46-29-33-54-34-30-46/h1-38H/b25-23-,26-24-,51-35-,52-36-. The van der Waals surface area contributed by atoms with Crippen LogP contribution in [0.3, 0.4) is 0 Å². The van der Waals surface area contributed by atoms with Gasteiger partial charge in [-0.1, -0.05) is 158 Å². The quantitative estimate of drug-likeness (QED) is 0.134. The van der Waals surface area contributed by atoms with Crippen LogP contribution >= 0.6 is 0 Å². The van der Waals surface area contributed by atoms with Crippen LogP contribution in [0.4, 0.5) is 0 Å². The highest BCUT2D eigenvalue weighted by molar-refractivity contribution is 5.94. The van der Waals surface area contributed by atoms with Gasteiger partial charge in [-0.2, -0.15) is 0 Å². The average Bonchev–Trinajstić information content (AvgIpc) is 3.25. The van der Waals surface area contributed by atoms with Crippen molar-refractivity contribution in [2.45, 2.75) is 0 Å². The van der Waals surface area contributed by atoms with Crippen LogP contribution in [-0.2, 0) is 0 Å². The lowest BCUT2D eigenvalue weighted by molar-refractivity contribution is 1.32. The summed E-state index contributed by atoms with van der Waals surface area (Å²) in [6.07, 6.45) is 20.7. The Morgan fingerprint density at radius 2 is 0.648 bits per heavy atom. The first-order valence-electron chi connectivity index (χ1n) is 18.2. The fourth-order valence-corrected chi connectivity index (χ4v) is 6.64. The van der Waals surface area contributed by atoms with E-state index in [1.807, 2.05) is 24.8 Å². The van der Waals surface area contributed by atoms with Crippen LogP contribution in [0.25, 0.3) is 58.4 Å². The monoisotopic (exact) mass is 690 g/mol. The van der Waals surface area contributed by atoms with Crippen LogP contribution in [0.2, 0.25) is 0 Å². The molecule has 0 unspecified atom stereocenters. The van der Waals surface area contributed by atoms with Crippen LogP contribution < -0.4 is 0 Å². The van der Waals surface area contributed by atoms with Gasteiger partial charge >= 0.3 is 0 Å². The van der Waals surface area contributed by atoms with Crippen molar-refractivity contribution in [3.63, 3.8) is 0 Å². The van der Waals surface area contributed by atoms with Crippen molar-refractivity contribution < 1.29 is 0 Å². The third-order valence-electron chi connectivity index (χ3n) is 9.51. The summed E-state index contributed by atoms with van der Waals surface area (Å²) in [6.45, 7) is 0. The Balaban J connectivity index is 1.05. The Labute approximate surface area is 317 Å². The first-order chi connectivity index (χ1) is 26.7. The molecule has 54 heavy (non-hydrogen) atoms. The van der Waals surface area contributed by atoms with E-state index in [-0.39, 0.29) is 0 Å². The SMILES string of the molecule is C(=C/c1cc2ccccc2cc1/C=C\c1ccc(/C=C(/c2ccccc2)c2ccncc2)cc1)/c1ccc(/C=C(/c2ccccc2)c2ccncc2)cc1. The summed E-state index contributed by atoms with van der Waals surface area (Å²) in [5.41, 5.74) is 13.9. The topological polar surface area (TPSA) is 25.8 Å². The van der Waals surface area contributed by atoms with Crippen LogP contribution in [-0.4, -0.2) is 9.97 Å². The molecule has 0 aliphatic rings. The van der Waals surface area contributed by atoms with E-state index in [1.165, 1.54) is 44.2 Å². The highest BCUT2D eigenvalue weighted by atomic mass is 14.6. The summed E-state index contributed by atoms with van der Waals surface area (Å²) in [5.74, 6) is 0. The van der Waals surface area contributed by atoms with Gasteiger partial charge in [-0.25, -0.2) is 0 Å². The zero-order valence-corrected chi connectivity index (χ0v) is 29.8. The van der Waals surface area contributed by atoms with Crippen molar-refractivity contribution in [3.05, 3.63) is 250 Å². The van der Waals surface area contributed by atoms with Crippen LogP contribution in [0.15, 0.2) is 195 Å². The van der Waals surface area contributed by atoms with Crippen molar-refractivity contribution in [2.24, 2.45) is 0 Å². The second-order valence-electron chi connectivity index (χ2n) is 13.1. The van der Waals surface area contributed by atoms with Gasteiger partial charge in [0, 0.05) is 24.8 Å². The van der Waals surface area contributed by atoms with Crippen molar-refractivity contribution in [2.75, 3.05) is 0 Å². The molecule has 8 aromatic rings. The molecule has 0 aliphatic carbocycles. The number of pyridine rings is 2. The molecule has 0 spiro atoms. The number of hydrogen-bond acceptors (Lipinski definition) is 2. The van der Waals surface area contributed by atoms with Gasteiger partial charge in [0.2, 0.25) is 0 Å². The summed E-state index contributed by atoms with van der Waals surface area (Å²) in [5, 5.41) is 2.44. The summed E-state index contributed by atoms with van der Waals surface area (Å²) >= 11 is 0. The molecule has 0 radical (unpaired) electrons. The van der Waals surface area contributed by atoms with E-state index in [4.69, 9.17) is 0 Å². The fraction of sp³-hybridized carbons (Fsp3) is 0. The predicted octanol–water partition coefficient (Wildman–Crippen LogP) is 13.1. The molecule has 0 saturated carbocycles. The predicted molar refractivity (Wildman–Crippen MR) is 230 cm³/mol. The Kier molecular flexibility index (Phi) is 10.3. The molecule has 2 heteroatoms. The summed E-state index contributed by atoms with van der Waals surface area (Å²) in [6, 6.07) is 59.8. The van der Waals surface area contributed by atoms with Gasteiger partial charge in [-0.3, -0.25) is 9.97 Å². The molecule has 2 aromatic heterocycles. The molecule has 0 amide bonds. The zero-order chi connectivity index (χ0) is 36.4. The largest absolute Gasteiger partial charge is 0.265 e. The summed E-state index contributed by atoms with van der Waals surface area (Å²) < 4.78 is 0. The van der Waals surface area contributed by atoms with E-state index in [9.17, 15) is 0 Å². The van der Waals surface area contributed by atoms with E-state index in [2.05, 4.69) is 216 Å². The van der Waals surface area contributed by atoms with Gasteiger partial charge in [0.05, 0.1) is 0 Å². The van der Waals surface area contributed by atoms with Crippen LogP contribution in [0.1, 0.15) is 55.6 Å². The number of fused-ring (bicyclic) bond motifs is 1. The van der Waals surface area contributed by atoms with Crippen LogP contribution in [0, 0.1) is 0 Å². The highest BCUT2D eigenvalue weighted by Gasteiger charge is 2.07. The van der Waals surface area contributed by atoms with Gasteiger partial charge in [-0.15, -0.1) is 0 Å². The molecule has 0 fully saturated rings. The van der Waals surface area contributed by atoms with Crippen molar-refractivity contribution in [1.29, 1.82) is 0 Å². The molecule has 0 N–H and O–H groups in total. The smallest absolute Gasteiger partial charge is 0.0273 e. The summed E-state index contributed by atoms with van der Waals surface area (Å²) in [7, 11) is 0. The van der Waals surface area contributed by atoms with Gasteiger partial charge in [0.25, 0.3) is 0 Å². The Hall–Kier alpha value is -7.16.